The van der Waals surface area contributed by atoms with Gasteiger partial charge in [-0.25, -0.2) is 0 Å². The molecule has 0 amide bonds. The minimum absolute atomic E-state index is 0.762. The number of likely N-dealkylation sites (tertiary alicyclic amines) is 1. The van der Waals surface area contributed by atoms with Crippen molar-refractivity contribution in [1.29, 1.82) is 0 Å². The first kappa shape index (κ1) is 14.3. The van der Waals surface area contributed by atoms with Crippen LogP contribution in [0.5, 0.6) is 0 Å². The van der Waals surface area contributed by atoms with Gasteiger partial charge in [-0.05, 0) is 38.1 Å². The van der Waals surface area contributed by atoms with Gasteiger partial charge in [0.25, 0.3) is 0 Å². The van der Waals surface area contributed by atoms with Gasteiger partial charge in [0, 0.05) is 25.2 Å². The summed E-state index contributed by atoms with van der Waals surface area (Å²) in [6.45, 7) is 8.59. The third kappa shape index (κ3) is 4.24. The lowest BCUT2D eigenvalue weighted by Gasteiger charge is -2.40. The van der Waals surface area contributed by atoms with Crippen molar-refractivity contribution in [2.45, 2.75) is 77.3 Å². The summed E-state index contributed by atoms with van der Waals surface area (Å²) >= 11 is 0. The normalized spacial score (nSPS) is 31.7. The van der Waals surface area contributed by atoms with Crippen molar-refractivity contribution in [3.8, 4) is 0 Å². The fourth-order valence-electron chi connectivity index (χ4n) is 3.82. The highest BCUT2D eigenvalue weighted by Gasteiger charge is 2.27. The summed E-state index contributed by atoms with van der Waals surface area (Å²) in [6.07, 6.45) is 11.2. The number of hydrogen-bond donors (Lipinski definition) is 1. The molecule has 1 N–H and O–H groups in total. The molecule has 106 valence electrons. The van der Waals surface area contributed by atoms with Crippen LogP contribution in [-0.4, -0.2) is 36.6 Å². The summed E-state index contributed by atoms with van der Waals surface area (Å²) in [5.74, 6) is 0.923. The van der Waals surface area contributed by atoms with Crippen LogP contribution in [0.25, 0.3) is 0 Å². The van der Waals surface area contributed by atoms with E-state index in [1.54, 1.807) is 0 Å². The molecule has 2 atom stereocenters. The number of rotatable bonds is 5. The molecule has 2 fully saturated rings. The first-order chi connectivity index (χ1) is 8.81. The molecular weight excluding hydrogens is 220 g/mol. The monoisotopic (exact) mass is 252 g/mol. The van der Waals surface area contributed by atoms with Gasteiger partial charge in [0.05, 0.1) is 0 Å². The van der Waals surface area contributed by atoms with Crippen LogP contribution in [0.1, 0.15) is 65.2 Å². The highest BCUT2D eigenvalue weighted by Crippen LogP contribution is 2.23. The standard InChI is InChI=1S/C16H32N2/c1-3-10-18-12-14(4-2)11-16(13-18)17-15-8-6-5-7-9-15/h14-17H,3-13H2,1-2H3. The zero-order valence-electron chi connectivity index (χ0n) is 12.5. The van der Waals surface area contributed by atoms with Crippen molar-refractivity contribution in [3.05, 3.63) is 0 Å². The van der Waals surface area contributed by atoms with E-state index in [1.807, 2.05) is 0 Å². The molecule has 0 bridgehead atoms. The molecule has 0 aromatic carbocycles. The fourth-order valence-corrected chi connectivity index (χ4v) is 3.82. The summed E-state index contributed by atoms with van der Waals surface area (Å²) < 4.78 is 0. The second-order valence-electron chi connectivity index (χ2n) is 6.47. The van der Waals surface area contributed by atoms with Gasteiger partial charge < -0.3 is 10.2 Å². The summed E-state index contributed by atoms with van der Waals surface area (Å²) in [5, 5.41) is 3.97. The Kier molecular flexibility index (Phi) is 5.97. The van der Waals surface area contributed by atoms with E-state index in [4.69, 9.17) is 0 Å². The molecule has 2 aliphatic rings. The van der Waals surface area contributed by atoms with Crippen molar-refractivity contribution in [2.75, 3.05) is 19.6 Å². The number of hydrogen-bond acceptors (Lipinski definition) is 2. The first-order valence-corrected chi connectivity index (χ1v) is 8.30. The van der Waals surface area contributed by atoms with Crippen LogP contribution in [-0.2, 0) is 0 Å². The minimum Gasteiger partial charge on any atom is -0.310 e. The summed E-state index contributed by atoms with van der Waals surface area (Å²) in [4.78, 5) is 2.69. The predicted octanol–water partition coefficient (Wildman–Crippen LogP) is 3.42. The molecule has 2 nitrogen and oxygen atoms in total. The molecule has 0 spiro atoms. The third-order valence-electron chi connectivity index (χ3n) is 4.81. The topological polar surface area (TPSA) is 15.3 Å². The molecule has 1 heterocycles. The second kappa shape index (κ2) is 7.49. The van der Waals surface area contributed by atoms with E-state index in [9.17, 15) is 0 Å². The van der Waals surface area contributed by atoms with E-state index in [0.717, 1.165) is 18.0 Å². The average molecular weight is 252 g/mol. The van der Waals surface area contributed by atoms with E-state index in [2.05, 4.69) is 24.1 Å². The Morgan fingerprint density at radius 2 is 1.78 bits per heavy atom. The lowest BCUT2D eigenvalue weighted by molar-refractivity contribution is 0.128. The average Bonchev–Trinajstić information content (AvgIpc) is 2.40. The second-order valence-corrected chi connectivity index (χ2v) is 6.47. The van der Waals surface area contributed by atoms with Gasteiger partial charge in [0.1, 0.15) is 0 Å². The van der Waals surface area contributed by atoms with Gasteiger partial charge in [-0.15, -0.1) is 0 Å². The van der Waals surface area contributed by atoms with Crippen LogP contribution < -0.4 is 5.32 Å². The lowest BCUT2D eigenvalue weighted by Crippen LogP contribution is -2.52. The van der Waals surface area contributed by atoms with Gasteiger partial charge in [-0.2, -0.15) is 0 Å². The van der Waals surface area contributed by atoms with Crippen LogP contribution in [0.15, 0.2) is 0 Å². The largest absolute Gasteiger partial charge is 0.310 e. The van der Waals surface area contributed by atoms with E-state index in [1.165, 1.54) is 71.0 Å². The summed E-state index contributed by atoms with van der Waals surface area (Å²) in [6, 6.07) is 1.58. The Bertz CT molecular complexity index is 223. The van der Waals surface area contributed by atoms with Crippen LogP contribution >= 0.6 is 0 Å². The van der Waals surface area contributed by atoms with Gasteiger partial charge >= 0.3 is 0 Å². The SMILES string of the molecule is CCCN1CC(CC)CC(NC2CCCCC2)C1. The molecule has 2 rings (SSSR count). The smallest absolute Gasteiger partial charge is 0.0200 e. The molecule has 0 radical (unpaired) electrons. The summed E-state index contributed by atoms with van der Waals surface area (Å²) in [5.41, 5.74) is 0. The Balaban J connectivity index is 1.81. The molecular formula is C16H32N2. The first-order valence-electron chi connectivity index (χ1n) is 8.30. The van der Waals surface area contributed by atoms with Crippen molar-refractivity contribution < 1.29 is 0 Å². The molecule has 1 aliphatic carbocycles. The van der Waals surface area contributed by atoms with E-state index in [0.29, 0.717) is 0 Å². The Labute approximate surface area is 114 Å². The maximum Gasteiger partial charge on any atom is 0.0200 e. The molecule has 18 heavy (non-hydrogen) atoms. The minimum atomic E-state index is 0.762. The van der Waals surface area contributed by atoms with Gasteiger partial charge in [-0.3, -0.25) is 0 Å². The maximum absolute atomic E-state index is 3.97. The zero-order valence-corrected chi connectivity index (χ0v) is 12.5. The van der Waals surface area contributed by atoms with Crippen molar-refractivity contribution >= 4 is 0 Å². The van der Waals surface area contributed by atoms with Gasteiger partial charge in [0.15, 0.2) is 0 Å². The molecule has 2 unspecified atom stereocenters. The van der Waals surface area contributed by atoms with Crippen LogP contribution in [0.4, 0.5) is 0 Å². The Morgan fingerprint density at radius 3 is 2.44 bits per heavy atom. The fraction of sp³-hybridized carbons (Fsp3) is 1.00. The molecule has 0 aromatic heterocycles. The molecule has 1 saturated heterocycles. The zero-order chi connectivity index (χ0) is 12.8. The predicted molar refractivity (Wildman–Crippen MR) is 78.9 cm³/mol. The molecule has 0 aromatic rings. The number of nitrogens with zero attached hydrogens (tertiary/aromatic N) is 1. The van der Waals surface area contributed by atoms with Crippen LogP contribution in [0, 0.1) is 5.92 Å². The molecule has 1 saturated carbocycles. The van der Waals surface area contributed by atoms with E-state index in [-0.39, 0.29) is 0 Å². The van der Waals surface area contributed by atoms with Gasteiger partial charge in [0.2, 0.25) is 0 Å². The van der Waals surface area contributed by atoms with E-state index < -0.39 is 0 Å². The number of piperidine rings is 1. The van der Waals surface area contributed by atoms with Crippen LogP contribution in [0.3, 0.4) is 0 Å². The Morgan fingerprint density at radius 1 is 1.00 bits per heavy atom. The lowest BCUT2D eigenvalue weighted by atomic mass is 9.89. The van der Waals surface area contributed by atoms with Gasteiger partial charge in [-0.1, -0.05) is 39.5 Å². The van der Waals surface area contributed by atoms with E-state index >= 15 is 0 Å². The van der Waals surface area contributed by atoms with Crippen molar-refractivity contribution in [3.63, 3.8) is 0 Å². The quantitative estimate of drug-likeness (QED) is 0.806. The highest BCUT2D eigenvalue weighted by molar-refractivity contribution is 4.86. The molecule has 2 heteroatoms. The number of nitrogens with one attached hydrogen (secondary N) is 1. The summed E-state index contributed by atoms with van der Waals surface area (Å²) in [7, 11) is 0. The third-order valence-corrected chi connectivity index (χ3v) is 4.81. The van der Waals surface area contributed by atoms with Crippen molar-refractivity contribution in [1.82, 2.24) is 10.2 Å². The molecule has 1 aliphatic heterocycles. The van der Waals surface area contributed by atoms with Crippen LogP contribution in [0.2, 0.25) is 0 Å². The maximum atomic E-state index is 3.97. The van der Waals surface area contributed by atoms with Crippen molar-refractivity contribution in [2.24, 2.45) is 5.92 Å². The Hall–Kier alpha value is -0.0800. The highest BCUT2D eigenvalue weighted by atomic mass is 15.2.